The molecular formula is C102H82Cl4F4N20O8. The van der Waals surface area contributed by atoms with Gasteiger partial charge in [-0.05, 0) is 198 Å². The number of carbonyl (C=O) groups is 4. The van der Waals surface area contributed by atoms with E-state index in [4.69, 9.17) is 65.4 Å². The van der Waals surface area contributed by atoms with Crippen molar-refractivity contribution in [1.82, 2.24) is 79.4 Å². The number of nitrogens with zero attached hydrogens (tertiary/aromatic N) is 12. The summed E-state index contributed by atoms with van der Waals surface area (Å²) in [7, 11) is 3.85. The van der Waals surface area contributed by atoms with Gasteiger partial charge in [-0.2, -0.15) is 0 Å². The molecule has 3 aliphatic carbocycles. The lowest BCUT2D eigenvalue weighted by molar-refractivity contribution is 0.251. The lowest BCUT2D eigenvalue weighted by Crippen LogP contribution is -2.30. The first kappa shape index (κ1) is 92.3. The zero-order chi connectivity index (χ0) is 95.8. The third kappa shape index (κ3) is 21.5. The SMILES string of the molecule is CCNC(=O)Nc1ccc(Oc2ccnc3cc(-c4cncn4C)ccc23)c(F)c1Cl.Cc1nc(-c2ccc3c(Oc4ccc(NC(=O)NC5CC5)c(Cl)c4F)ccnc3c2)cn1C.O=C(Nc1ccc(Oc2ccnc3cc(-c4cn(-c5ccccc5)cn4)ccc23)c(F)c1Cl)NC1CC1.O=C(Nc1ccc(Oc2ccnc3cc(-c4cncn4-c4ccccc4)ccc23)c(F)c1Cl)NC1CC1. The molecule has 0 saturated heterocycles. The molecule has 3 saturated carbocycles. The zero-order valence-corrected chi connectivity index (χ0v) is 76.8. The average molecular weight is 1930 g/mol. The van der Waals surface area contributed by atoms with Gasteiger partial charge in [0.1, 0.15) is 48.9 Å². The molecular weight excluding hydrogens is 1850 g/mol. The highest BCUT2D eigenvalue weighted by atomic mass is 35.5. The summed E-state index contributed by atoms with van der Waals surface area (Å²) in [6, 6.07) is 60.0. The van der Waals surface area contributed by atoms with Gasteiger partial charge in [0.25, 0.3) is 0 Å². The van der Waals surface area contributed by atoms with E-state index in [0.29, 0.717) is 67.8 Å². The molecule has 3 fully saturated rings. The molecule has 3 aliphatic rings. The Kier molecular flexibility index (Phi) is 27.4. The fraction of sp³-hybridized carbons (Fsp3) is 0.137. The Balaban J connectivity index is 0.000000123. The molecule has 0 aliphatic heterocycles. The van der Waals surface area contributed by atoms with Gasteiger partial charge in [0.2, 0.25) is 0 Å². The number of rotatable bonds is 22. The largest absolute Gasteiger partial charge is 0.453 e. The van der Waals surface area contributed by atoms with Crippen LogP contribution in [0.4, 0.5) is 59.5 Å². The number of aryl methyl sites for hydroxylation is 3. The van der Waals surface area contributed by atoms with Gasteiger partial charge < -0.3 is 75.2 Å². The normalized spacial score (nSPS) is 12.5. The van der Waals surface area contributed by atoms with Crippen molar-refractivity contribution in [2.75, 3.05) is 27.8 Å². The number of aromatic nitrogens is 12. The fourth-order valence-electron chi connectivity index (χ4n) is 14.7. The number of imidazole rings is 4. The molecule has 0 atom stereocenters. The van der Waals surface area contributed by atoms with Crippen LogP contribution in [-0.2, 0) is 14.1 Å². The Labute approximate surface area is 805 Å². The minimum Gasteiger partial charge on any atom is -0.453 e. The summed E-state index contributed by atoms with van der Waals surface area (Å²) < 4.78 is 91.2. The Morgan fingerprint density at radius 1 is 0.377 bits per heavy atom. The minimum atomic E-state index is -0.771. The van der Waals surface area contributed by atoms with Gasteiger partial charge in [-0.1, -0.05) is 107 Å². The Bertz CT molecular complexity index is 7660. The van der Waals surface area contributed by atoms with Crippen LogP contribution in [0.3, 0.4) is 0 Å². The molecule has 21 rings (SSSR count). The minimum absolute atomic E-state index is 0.0509. The molecule has 36 heteroatoms. The molecule has 8 heterocycles. The topological polar surface area (TPSA) is 324 Å². The standard InChI is InChI=1S/2C28H21ClFN5O2.C24H21ClFN5O2.C22H19ClFN5O2/c29-26-21(34-28(36)33-18-7-8-18)10-11-25(27(26)30)37-24-12-13-32-22-14-17(6-9-20(22)24)23-15-31-16-35(23)19-4-2-1-3-5-19;29-26-21(34-28(36)33-18-7-8-18)10-11-25(27(26)30)37-24-12-13-31-22-14-17(6-9-20(22)24)23-15-35(16-32-23)19-4-2-1-3-5-19;1-13-28-19(12-31(13)2)14-3-6-16-18(11-14)27-10-9-20(16)33-21-8-7-17(22(25)23(21)26)30-24(32)29-15-4-5-15;1-3-26-22(30)28-15-6-7-19(21(24)20(15)23)31-18-8-9-27-16-10-13(4-5-14(16)18)17-11-25-12-29(17)2/h2*1-6,9-16,18H,7-8H2,(H2,33,34,36);3,6-12,15H,4-5H2,1-2H3,(H2,29,30,32);4-12H,3H2,1-2H3,(H2,26,28,30). The number of anilines is 4. The molecule has 18 aromatic rings. The van der Waals surface area contributed by atoms with Crippen molar-refractivity contribution in [2.45, 2.75) is 70.5 Å². The van der Waals surface area contributed by atoms with Crippen LogP contribution in [0.5, 0.6) is 46.0 Å². The molecule has 138 heavy (non-hydrogen) atoms. The number of carbonyl (C=O) groups excluding carboxylic acids is 4. The van der Waals surface area contributed by atoms with E-state index in [1.54, 1.807) is 87.4 Å². The van der Waals surface area contributed by atoms with Crippen LogP contribution in [0.15, 0.2) is 275 Å². The third-order valence-corrected chi connectivity index (χ3v) is 23.8. The van der Waals surface area contributed by atoms with E-state index >= 15 is 8.78 Å². The van der Waals surface area contributed by atoms with Gasteiger partial charge >= 0.3 is 24.1 Å². The maximum atomic E-state index is 15.1. The maximum Gasteiger partial charge on any atom is 0.319 e. The summed E-state index contributed by atoms with van der Waals surface area (Å²) in [6.07, 6.45) is 24.8. The number of pyridine rings is 4. The average Bonchev–Trinajstić information content (AvgIpc) is 1.48. The van der Waals surface area contributed by atoms with Crippen LogP contribution in [0, 0.1) is 30.2 Å². The first-order chi connectivity index (χ1) is 67.0. The Morgan fingerprint density at radius 3 is 1.10 bits per heavy atom. The number of hydrogen-bond donors (Lipinski definition) is 8. The number of amides is 8. The quantitative estimate of drug-likeness (QED) is 0.0292. The van der Waals surface area contributed by atoms with Crippen molar-refractivity contribution in [3.8, 4) is 102 Å². The van der Waals surface area contributed by atoms with Gasteiger partial charge in [-0.3, -0.25) is 24.5 Å². The van der Waals surface area contributed by atoms with Crippen molar-refractivity contribution in [2.24, 2.45) is 14.1 Å². The first-order valence-corrected chi connectivity index (χ1v) is 45.1. The molecule has 0 unspecified atom stereocenters. The number of urea groups is 4. The van der Waals surface area contributed by atoms with E-state index < -0.39 is 47.4 Å². The van der Waals surface area contributed by atoms with Gasteiger partial charge in [-0.15, -0.1) is 0 Å². The monoisotopic (exact) mass is 1930 g/mol. The summed E-state index contributed by atoms with van der Waals surface area (Å²) in [5, 5.41) is 23.1. The van der Waals surface area contributed by atoms with Crippen molar-refractivity contribution in [1.29, 1.82) is 0 Å². The maximum absolute atomic E-state index is 15.1. The van der Waals surface area contributed by atoms with Crippen molar-refractivity contribution < 1.29 is 55.7 Å². The summed E-state index contributed by atoms with van der Waals surface area (Å²) >= 11 is 24.7. The van der Waals surface area contributed by atoms with E-state index in [1.807, 2.05) is 185 Å². The summed E-state index contributed by atoms with van der Waals surface area (Å²) in [4.78, 5) is 83.0. The van der Waals surface area contributed by atoms with Crippen LogP contribution < -0.4 is 61.5 Å². The number of nitrogens with one attached hydrogen (secondary N) is 8. The van der Waals surface area contributed by atoms with Crippen molar-refractivity contribution >= 4 is 137 Å². The van der Waals surface area contributed by atoms with Gasteiger partial charge in [0, 0.05) is 131 Å². The predicted octanol–water partition coefficient (Wildman–Crippen LogP) is 25.1. The molecule has 0 radical (unpaired) electrons. The molecule has 10 aromatic carbocycles. The number of fused-ring (bicyclic) bond motifs is 4. The molecule has 694 valence electrons. The number of para-hydroxylation sites is 2. The van der Waals surface area contributed by atoms with Crippen LogP contribution >= 0.6 is 46.4 Å². The fourth-order valence-corrected chi connectivity index (χ4v) is 15.5. The number of ether oxygens (including phenoxy) is 4. The van der Waals surface area contributed by atoms with Crippen LogP contribution in [0.1, 0.15) is 51.3 Å². The Hall–Kier alpha value is -16.2. The molecule has 28 nitrogen and oxygen atoms in total. The van der Waals surface area contributed by atoms with Crippen LogP contribution in [0.2, 0.25) is 20.1 Å². The lowest BCUT2D eigenvalue weighted by atomic mass is 10.1. The van der Waals surface area contributed by atoms with E-state index in [2.05, 4.69) is 82.4 Å². The second kappa shape index (κ2) is 41.0. The van der Waals surface area contributed by atoms with Gasteiger partial charge in [0.05, 0.1) is 99.0 Å². The highest BCUT2D eigenvalue weighted by molar-refractivity contribution is 6.35. The van der Waals surface area contributed by atoms with Crippen LogP contribution in [-0.4, -0.2) is 107 Å². The van der Waals surface area contributed by atoms with E-state index in [1.165, 1.54) is 48.5 Å². The molecule has 8 N–H and O–H groups in total. The smallest absolute Gasteiger partial charge is 0.319 e. The van der Waals surface area contributed by atoms with Gasteiger partial charge in [-0.25, -0.2) is 56.7 Å². The predicted molar refractivity (Wildman–Crippen MR) is 525 cm³/mol. The zero-order valence-electron chi connectivity index (χ0n) is 73.8. The highest BCUT2D eigenvalue weighted by Crippen LogP contribution is 2.44. The van der Waals surface area contributed by atoms with Crippen molar-refractivity contribution in [3.05, 3.63) is 324 Å². The number of benzene rings is 10. The molecule has 0 bridgehead atoms. The Morgan fingerprint density at radius 2 is 0.732 bits per heavy atom. The summed E-state index contributed by atoms with van der Waals surface area (Å²) in [5.74, 6) is -0.661. The second-order valence-corrected chi connectivity index (χ2v) is 33.8. The molecule has 8 amide bonds. The number of hydrogen-bond acceptors (Lipinski definition) is 16. The van der Waals surface area contributed by atoms with E-state index in [-0.39, 0.29) is 84.0 Å². The summed E-state index contributed by atoms with van der Waals surface area (Å²) in [5.41, 5.74) is 12.6. The van der Waals surface area contributed by atoms with Gasteiger partial charge in [0.15, 0.2) is 46.3 Å². The van der Waals surface area contributed by atoms with Crippen molar-refractivity contribution in [3.63, 3.8) is 0 Å². The second-order valence-electron chi connectivity index (χ2n) is 32.3. The van der Waals surface area contributed by atoms with E-state index in [0.717, 1.165) is 106 Å². The molecule has 8 aromatic heterocycles. The summed E-state index contributed by atoms with van der Waals surface area (Å²) in [6.45, 7) is 4.15. The van der Waals surface area contributed by atoms with E-state index in [9.17, 15) is 28.0 Å². The van der Waals surface area contributed by atoms with Crippen LogP contribution in [0.25, 0.3) is 100 Å². The molecule has 0 spiro atoms. The lowest BCUT2D eigenvalue weighted by Gasteiger charge is -2.14. The first-order valence-electron chi connectivity index (χ1n) is 43.6. The number of halogens is 8. The third-order valence-electron chi connectivity index (χ3n) is 22.4. The highest BCUT2D eigenvalue weighted by Gasteiger charge is 2.29.